The van der Waals surface area contributed by atoms with Crippen LogP contribution in [0.1, 0.15) is 63.5 Å². The molecule has 3 N–H and O–H groups in total. The van der Waals surface area contributed by atoms with Crippen molar-refractivity contribution in [2.24, 2.45) is 5.73 Å². The summed E-state index contributed by atoms with van der Waals surface area (Å²) in [5.41, 5.74) is 8.49. The third-order valence-electron chi connectivity index (χ3n) is 8.60. The normalized spacial score (nSPS) is 17.5. The average molecular weight is 693 g/mol. The number of hydrogen-bond acceptors (Lipinski definition) is 11. The van der Waals surface area contributed by atoms with Crippen LogP contribution in [-0.4, -0.2) is 81.6 Å². The maximum Gasteiger partial charge on any atom is 0.323 e. The summed E-state index contributed by atoms with van der Waals surface area (Å²) in [6.45, 7) is 7.30. The van der Waals surface area contributed by atoms with Crippen LogP contribution >= 0.6 is 0 Å². The van der Waals surface area contributed by atoms with Crippen LogP contribution in [0.5, 0.6) is 17.2 Å². The monoisotopic (exact) mass is 692 g/mol. The van der Waals surface area contributed by atoms with E-state index in [1.807, 2.05) is 91.5 Å². The van der Waals surface area contributed by atoms with Gasteiger partial charge in [-0.25, -0.2) is 0 Å². The Labute approximate surface area is 298 Å². The van der Waals surface area contributed by atoms with Crippen LogP contribution in [0, 0.1) is 0 Å². The zero-order chi connectivity index (χ0) is 36.1. The number of nitrogens with one attached hydrogen (secondary N) is 1. The fourth-order valence-electron chi connectivity index (χ4n) is 5.95. The summed E-state index contributed by atoms with van der Waals surface area (Å²) in [6.07, 6.45) is 5.90. The molecule has 0 radical (unpaired) electrons. The van der Waals surface area contributed by atoms with Crippen LogP contribution in [0.15, 0.2) is 72.8 Å². The van der Waals surface area contributed by atoms with Crippen molar-refractivity contribution in [3.8, 4) is 17.2 Å². The molecule has 2 saturated heterocycles. The molecule has 2 atom stereocenters. The van der Waals surface area contributed by atoms with Crippen LogP contribution in [0.2, 0.25) is 0 Å². The predicted octanol–water partition coefficient (Wildman–Crippen LogP) is 6.21. The van der Waals surface area contributed by atoms with Gasteiger partial charge < -0.3 is 34.7 Å². The first-order valence-electron chi connectivity index (χ1n) is 17.6. The summed E-state index contributed by atoms with van der Waals surface area (Å²) in [6, 6.07) is 22.8. The molecule has 0 spiro atoms. The molecule has 3 aromatic rings. The first-order valence-corrected chi connectivity index (χ1v) is 17.6. The number of nitrogens with two attached hydrogens (primary N) is 1. The number of carbonyl (C=O) groups is 2. The van der Waals surface area contributed by atoms with Gasteiger partial charge in [0.1, 0.15) is 25.3 Å². The van der Waals surface area contributed by atoms with Gasteiger partial charge in [-0.2, -0.15) is 0 Å². The molecule has 274 valence electrons. The van der Waals surface area contributed by atoms with E-state index in [4.69, 9.17) is 29.4 Å². The Morgan fingerprint density at radius 3 is 1.60 bits per heavy atom. The van der Waals surface area contributed by atoms with Gasteiger partial charge in [0, 0.05) is 37.6 Å². The lowest BCUT2D eigenvalue weighted by Crippen LogP contribution is -2.47. The molecule has 0 unspecified atom stereocenters. The van der Waals surface area contributed by atoms with Gasteiger partial charge in [-0.3, -0.25) is 19.4 Å². The van der Waals surface area contributed by atoms with Gasteiger partial charge in [0.15, 0.2) is 11.5 Å². The molecule has 11 heteroatoms. The number of ether oxygens (including phenoxy) is 5. The molecule has 3 aromatic carbocycles. The van der Waals surface area contributed by atoms with Gasteiger partial charge in [0.05, 0.1) is 28.0 Å². The maximum absolute atomic E-state index is 12.7. The molecule has 2 fully saturated rings. The molecule has 0 aromatic heterocycles. The van der Waals surface area contributed by atoms with Crippen molar-refractivity contribution in [3.05, 3.63) is 83.9 Å². The number of likely N-dealkylation sites (tertiary alicyclic amines) is 2. The summed E-state index contributed by atoms with van der Waals surface area (Å²) in [5.74, 6) is 1.38. The summed E-state index contributed by atoms with van der Waals surface area (Å²) in [4.78, 5) is 28.9. The number of hydrogen-bond donors (Lipinski definition) is 2. The van der Waals surface area contributed by atoms with Crippen molar-refractivity contribution in [2.75, 3.05) is 53.1 Å². The lowest BCUT2D eigenvalue weighted by molar-refractivity contribution is -0.153. The number of esters is 2. The first-order chi connectivity index (χ1) is 24.5. The van der Waals surface area contributed by atoms with Crippen molar-refractivity contribution in [1.82, 2.24) is 9.80 Å². The smallest absolute Gasteiger partial charge is 0.323 e. The Hall–Kier alpha value is -4.32. The molecule has 50 heavy (non-hydrogen) atoms. The third kappa shape index (κ3) is 12.2. The van der Waals surface area contributed by atoms with E-state index in [2.05, 4.69) is 10.2 Å². The highest BCUT2D eigenvalue weighted by atomic mass is 16.5. The molecule has 2 aliphatic rings. The second kappa shape index (κ2) is 22.4. The van der Waals surface area contributed by atoms with Gasteiger partial charge >= 0.3 is 11.9 Å². The summed E-state index contributed by atoms with van der Waals surface area (Å²) in [7, 11) is 4.75. The topological polar surface area (TPSA) is 125 Å². The predicted molar refractivity (Wildman–Crippen MR) is 196 cm³/mol. The van der Waals surface area contributed by atoms with Crippen molar-refractivity contribution >= 4 is 17.6 Å². The standard InChI is InChI=1S/C23H30N2O5.C14H20N2O2.C2H6/c1-27-20-13-18(14-21(28-2)22(20)29-3)24-16-25-12-8-7-11-19(25)23(26)30-15-17-9-5-4-6-10-17;15-11-16-9-5-4-8-13(16)14(17)18-10-12-6-2-1-3-7-12;1-2/h4-6,9-10,13-14,19,24H,7-8,11-12,15-16H2,1-3H3;1-3,6-7,13H,4-5,8-11,15H2;1-2H3/t19-;13-;/m00./s1. The molecule has 5 rings (SSSR count). The number of rotatable bonds is 13. The fraction of sp³-hybridized carbons (Fsp3) is 0.487. The summed E-state index contributed by atoms with van der Waals surface area (Å²) in [5, 5.41) is 3.38. The van der Waals surface area contributed by atoms with Gasteiger partial charge in [-0.1, -0.05) is 87.4 Å². The number of carbonyl (C=O) groups excluding carboxylic acids is 2. The van der Waals surface area contributed by atoms with Crippen molar-refractivity contribution in [2.45, 2.75) is 77.7 Å². The Balaban J connectivity index is 0.000000288. The number of nitrogens with zero attached hydrogens (tertiary/aromatic N) is 2. The van der Waals surface area contributed by atoms with Gasteiger partial charge in [-0.15, -0.1) is 0 Å². The second-order valence-corrected chi connectivity index (χ2v) is 11.8. The van der Waals surface area contributed by atoms with E-state index in [1.54, 1.807) is 21.3 Å². The van der Waals surface area contributed by atoms with E-state index in [-0.39, 0.29) is 24.0 Å². The number of piperidine rings is 2. The average Bonchev–Trinajstić information content (AvgIpc) is 3.19. The SMILES string of the molecule is CC.COc1cc(NCN2CCCC[C@H]2C(=O)OCc2ccccc2)cc(OC)c1OC.NCN1CCCC[C@H]1C(=O)OCc1ccccc1. The van der Waals surface area contributed by atoms with Crippen molar-refractivity contribution in [1.29, 1.82) is 0 Å². The highest BCUT2D eigenvalue weighted by Crippen LogP contribution is 2.40. The Morgan fingerprint density at radius 2 is 1.16 bits per heavy atom. The Morgan fingerprint density at radius 1 is 0.700 bits per heavy atom. The molecule has 0 bridgehead atoms. The van der Waals surface area contributed by atoms with Crippen LogP contribution in [0.25, 0.3) is 0 Å². The fourth-order valence-corrected chi connectivity index (χ4v) is 5.95. The van der Waals surface area contributed by atoms with Crippen LogP contribution in [0.4, 0.5) is 5.69 Å². The number of benzene rings is 3. The quantitative estimate of drug-likeness (QED) is 0.199. The van der Waals surface area contributed by atoms with Gasteiger partial charge in [-0.05, 0) is 36.8 Å². The molecule has 0 aliphatic carbocycles. The van der Waals surface area contributed by atoms with E-state index in [0.717, 1.165) is 68.4 Å². The van der Waals surface area contributed by atoms with Crippen LogP contribution in [0.3, 0.4) is 0 Å². The highest BCUT2D eigenvalue weighted by molar-refractivity contribution is 5.76. The zero-order valence-electron chi connectivity index (χ0n) is 30.4. The van der Waals surface area contributed by atoms with Crippen molar-refractivity contribution < 1.29 is 33.3 Å². The summed E-state index contributed by atoms with van der Waals surface area (Å²) >= 11 is 0. The van der Waals surface area contributed by atoms with E-state index in [0.29, 0.717) is 43.8 Å². The first kappa shape index (κ1) is 40.1. The van der Waals surface area contributed by atoms with Gasteiger partial charge in [0.25, 0.3) is 0 Å². The maximum atomic E-state index is 12.7. The molecule has 11 nitrogen and oxygen atoms in total. The lowest BCUT2D eigenvalue weighted by Gasteiger charge is -2.34. The van der Waals surface area contributed by atoms with Gasteiger partial charge in [0.2, 0.25) is 5.75 Å². The Bertz CT molecular complexity index is 1390. The third-order valence-corrected chi connectivity index (χ3v) is 8.60. The minimum atomic E-state index is -0.253. The van der Waals surface area contributed by atoms with E-state index in [1.165, 1.54) is 0 Å². The highest BCUT2D eigenvalue weighted by Gasteiger charge is 2.30. The molecule has 0 amide bonds. The van der Waals surface area contributed by atoms with Crippen molar-refractivity contribution in [3.63, 3.8) is 0 Å². The minimum Gasteiger partial charge on any atom is -0.493 e. The minimum absolute atomic E-state index is 0.149. The molecular formula is C39H56N4O7. The number of anilines is 1. The second-order valence-electron chi connectivity index (χ2n) is 11.8. The van der Waals surface area contributed by atoms with E-state index in [9.17, 15) is 9.59 Å². The van der Waals surface area contributed by atoms with E-state index >= 15 is 0 Å². The largest absolute Gasteiger partial charge is 0.493 e. The zero-order valence-corrected chi connectivity index (χ0v) is 30.4. The van der Waals surface area contributed by atoms with E-state index < -0.39 is 0 Å². The van der Waals surface area contributed by atoms with Crippen LogP contribution in [-0.2, 0) is 32.3 Å². The lowest BCUT2D eigenvalue weighted by atomic mass is 10.0. The number of methoxy groups -OCH3 is 3. The summed E-state index contributed by atoms with van der Waals surface area (Å²) < 4.78 is 27.1. The molecule has 0 saturated carbocycles. The molecule has 2 heterocycles. The Kier molecular flexibility index (Phi) is 18.0. The molecule has 2 aliphatic heterocycles. The van der Waals surface area contributed by atoms with Crippen LogP contribution < -0.4 is 25.3 Å². The molecular weight excluding hydrogens is 636 g/mol.